The van der Waals surface area contributed by atoms with Gasteiger partial charge in [0.1, 0.15) is 5.82 Å². The maximum absolute atomic E-state index is 12.9. The van der Waals surface area contributed by atoms with Gasteiger partial charge in [-0.05, 0) is 61.3 Å². The van der Waals surface area contributed by atoms with Crippen molar-refractivity contribution in [2.45, 2.75) is 37.2 Å². The summed E-state index contributed by atoms with van der Waals surface area (Å²) in [5.74, 6) is 0.502. The number of thioether (sulfide) groups is 1. The Hall–Kier alpha value is -1.85. The molecule has 3 nitrogen and oxygen atoms in total. The molecule has 26 heavy (non-hydrogen) atoms. The molecule has 3 rings (SSSR count). The summed E-state index contributed by atoms with van der Waals surface area (Å²) in [5, 5.41) is 3.03. The van der Waals surface area contributed by atoms with Crippen molar-refractivity contribution >= 4 is 17.7 Å². The van der Waals surface area contributed by atoms with Gasteiger partial charge in [0.15, 0.2) is 0 Å². The van der Waals surface area contributed by atoms with Crippen LogP contribution in [0.5, 0.6) is 0 Å². The predicted molar refractivity (Wildman–Crippen MR) is 105 cm³/mol. The van der Waals surface area contributed by atoms with Crippen LogP contribution >= 0.6 is 11.8 Å². The number of likely N-dealkylation sites (tertiary alicyclic amines) is 1. The first-order valence-electron chi connectivity index (χ1n) is 9.15. The molecule has 0 atom stereocenters. The van der Waals surface area contributed by atoms with Crippen molar-refractivity contribution in [1.82, 2.24) is 10.2 Å². The molecule has 1 amide bonds. The van der Waals surface area contributed by atoms with Crippen LogP contribution in [0.3, 0.4) is 0 Å². The molecular weight excluding hydrogens is 347 g/mol. The highest BCUT2D eigenvalue weighted by molar-refractivity contribution is 7.99. The number of nitrogens with one attached hydrogen (secondary N) is 1. The van der Waals surface area contributed by atoms with Crippen molar-refractivity contribution < 1.29 is 9.18 Å². The molecule has 0 aliphatic carbocycles. The maximum Gasteiger partial charge on any atom is 0.221 e. The van der Waals surface area contributed by atoms with Gasteiger partial charge in [0.05, 0.1) is 0 Å². The smallest absolute Gasteiger partial charge is 0.221 e. The molecule has 1 saturated heterocycles. The van der Waals surface area contributed by atoms with Crippen molar-refractivity contribution in [2.75, 3.05) is 18.8 Å². The van der Waals surface area contributed by atoms with Gasteiger partial charge in [0.25, 0.3) is 0 Å². The molecule has 0 spiro atoms. The Bertz CT molecular complexity index is 714. The van der Waals surface area contributed by atoms with E-state index in [0.29, 0.717) is 18.7 Å². The molecule has 0 saturated carbocycles. The van der Waals surface area contributed by atoms with Gasteiger partial charge in [-0.15, -0.1) is 11.8 Å². The highest BCUT2D eigenvalue weighted by Gasteiger charge is 2.13. The second kappa shape index (κ2) is 9.74. The van der Waals surface area contributed by atoms with Crippen LogP contribution in [-0.2, 0) is 17.9 Å². The molecule has 0 radical (unpaired) electrons. The molecule has 2 aromatic carbocycles. The number of amides is 1. The molecule has 2 aromatic rings. The zero-order valence-electron chi connectivity index (χ0n) is 14.9. The van der Waals surface area contributed by atoms with Gasteiger partial charge in [-0.3, -0.25) is 9.69 Å². The van der Waals surface area contributed by atoms with E-state index in [1.54, 1.807) is 23.9 Å². The Balaban J connectivity index is 1.43. The maximum atomic E-state index is 12.9. The van der Waals surface area contributed by atoms with Crippen LogP contribution in [0.1, 0.15) is 30.4 Å². The van der Waals surface area contributed by atoms with E-state index >= 15 is 0 Å². The summed E-state index contributed by atoms with van der Waals surface area (Å²) in [7, 11) is 0. The van der Waals surface area contributed by atoms with Gasteiger partial charge >= 0.3 is 0 Å². The third kappa shape index (κ3) is 5.85. The van der Waals surface area contributed by atoms with E-state index in [1.165, 1.54) is 49.2 Å². The first-order chi connectivity index (χ1) is 12.7. The highest BCUT2D eigenvalue weighted by Crippen LogP contribution is 2.19. The fourth-order valence-electron chi connectivity index (χ4n) is 3.14. The largest absolute Gasteiger partial charge is 0.352 e. The topological polar surface area (TPSA) is 32.3 Å². The van der Waals surface area contributed by atoms with Crippen molar-refractivity contribution in [3.05, 3.63) is 65.5 Å². The molecule has 5 heteroatoms. The van der Waals surface area contributed by atoms with Crippen molar-refractivity contribution in [1.29, 1.82) is 0 Å². The van der Waals surface area contributed by atoms with E-state index in [1.807, 2.05) is 6.07 Å². The normalized spacial score (nSPS) is 14.5. The van der Waals surface area contributed by atoms with Crippen LogP contribution in [0.15, 0.2) is 53.4 Å². The minimum Gasteiger partial charge on any atom is -0.352 e. The molecule has 1 N–H and O–H groups in total. The molecule has 1 heterocycles. The van der Waals surface area contributed by atoms with Crippen molar-refractivity contribution in [2.24, 2.45) is 0 Å². The number of hydrogen-bond acceptors (Lipinski definition) is 3. The lowest BCUT2D eigenvalue weighted by Gasteiger charge is -2.17. The highest BCUT2D eigenvalue weighted by atomic mass is 32.2. The van der Waals surface area contributed by atoms with E-state index in [0.717, 1.165) is 11.4 Å². The Morgan fingerprint density at radius 1 is 1.04 bits per heavy atom. The zero-order valence-corrected chi connectivity index (χ0v) is 15.7. The van der Waals surface area contributed by atoms with Crippen molar-refractivity contribution in [3.63, 3.8) is 0 Å². The Labute approximate surface area is 159 Å². The number of carbonyl (C=O) groups excluding carboxylic acids is 1. The van der Waals surface area contributed by atoms with Crippen LogP contribution in [0, 0.1) is 5.82 Å². The minimum absolute atomic E-state index is 0.0515. The molecule has 138 valence electrons. The number of nitrogens with zero attached hydrogens (tertiary/aromatic N) is 1. The van der Waals surface area contributed by atoms with Crippen molar-refractivity contribution in [3.8, 4) is 0 Å². The lowest BCUT2D eigenvalue weighted by molar-refractivity contribution is -0.120. The third-order valence-corrected chi connectivity index (χ3v) is 5.61. The van der Waals surface area contributed by atoms with Gasteiger partial charge in [0, 0.05) is 30.2 Å². The molecule has 1 fully saturated rings. The van der Waals surface area contributed by atoms with E-state index in [9.17, 15) is 9.18 Å². The van der Waals surface area contributed by atoms with Crippen LogP contribution < -0.4 is 5.32 Å². The first-order valence-corrected chi connectivity index (χ1v) is 10.1. The van der Waals surface area contributed by atoms with E-state index < -0.39 is 0 Å². The lowest BCUT2D eigenvalue weighted by Crippen LogP contribution is -2.25. The summed E-state index contributed by atoms with van der Waals surface area (Å²) in [6.45, 7) is 3.87. The average molecular weight is 373 g/mol. The number of halogens is 1. The zero-order chi connectivity index (χ0) is 18.2. The van der Waals surface area contributed by atoms with Crippen LogP contribution in [-0.4, -0.2) is 29.6 Å². The fraction of sp³-hybridized carbons (Fsp3) is 0.381. The van der Waals surface area contributed by atoms with E-state index in [2.05, 4.69) is 28.4 Å². The summed E-state index contributed by atoms with van der Waals surface area (Å²) < 4.78 is 12.9. The second-order valence-electron chi connectivity index (χ2n) is 6.58. The van der Waals surface area contributed by atoms with Gasteiger partial charge in [-0.1, -0.05) is 24.3 Å². The molecule has 0 bridgehead atoms. The van der Waals surface area contributed by atoms with Gasteiger partial charge in [0.2, 0.25) is 5.91 Å². The number of rotatable bonds is 8. The van der Waals surface area contributed by atoms with Crippen LogP contribution in [0.4, 0.5) is 4.39 Å². The summed E-state index contributed by atoms with van der Waals surface area (Å²) in [6.07, 6.45) is 3.02. The Morgan fingerprint density at radius 2 is 1.73 bits per heavy atom. The minimum atomic E-state index is -0.236. The van der Waals surface area contributed by atoms with E-state index in [4.69, 9.17) is 0 Å². The third-order valence-electron chi connectivity index (χ3n) is 4.60. The van der Waals surface area contributed by atoms with Gasteiger partial charge in [-0.25, -0.2) is 4.39 Å². The SMILES string of the molecule is O=C(CCSc1ccc(F)cc1)NCc1ccccc1CN1CCCC1. The summed E-state index contributed by atoms with van der Waals surface area (Å²) in [6, 6.07) is 14.7. The van der Waals surface area contributed by atoms with Gasteiger partial charge < -0.3 is 5.32 Å². The fourth-order valence-corrected chi connectivity index (χ4v) is 3.99. The predicted octanol–water partition coefficient (Wildman–Crippen LogP) is 4.22. The second-order valence-corrected chi connectivity index (χ2v) is 7.75. The molecule has 1 aliphatic rings. The number of benzene rings is 2. The van der Waals surface area contributed by atoms with E-state index in [-0.39, 0.29) is 11.7 Å². The quantitative estimate of drug-likeness (QED) is 0.704. The number of hydrogen-bond donors (Lipinski definition) is 1. The molecule has 1 aliphatic heterocycles. The number of carbonyl (C=O) groups is 1. The monoisotopic (exact) mass is 372 g/mol. The summed E-state index contributed by atoms with van der Waals surface area (Å²) in [4.78, 5) is 15.6. The standard InChI is InChI=1S/C21H25FN2OS/c22-19-7-9-20(10-8-19)26-14-11-21(25)23-15-17-5-1-2-6-18(17)16-24-12-3-4-13-24/h1-2,5-10H,3-4,11-16H2,(H,23,25). The molecule has 0 aromatic heterocycles. The van der Waals surface area contributed by atoms with Gasteiger partial charge in [-0.2, -0.15) is 0 Å². The first kappa shape index (κ1) is 18.9. The Morgan fingerprint density at radius 3 is 2.46 bits per heavy atom. The summed E-state index contributed by atoms with van der Waals surface area (Å²) >= 11 is 1.57. The molecule has 0 unspecified atom stereocenters. The molecular formula is C21H25FN2OS. The summed E-state index contributed by atoms with van der Waals surface area (Å²) in [5.41, 5.74) is 2.49. The Kier molecular flexibility index (Phi) is 7.09. The van der Waals surface area contributed by atoms with Crippen LogP contribution in [0.2, 0.25) is 0 Å². The average Bonchev–Trinajstić information content (AvgIpc) is 3.16. The van der Waals surface area contributed by atoms with Crippen LogP contribution in [0.25, 0.3) is 0 Å². The lowest BCUT2D eigenvalue weighted by atomic mass is 10.1.